The highest BCUT2D eigenvalue weighted by molar-refractivity contribution is 8.00. The zero-order valence-electron chi connectivity index (χ0n) is 15.6. The van der Waals surface area contributed by atoms with Gasteiger partial charge in [-0.3, -0.25) is 9.59 Å². The Morgan fingerprint density at radius 1 is 1.10 bits per heavy atom. The van der Waals surface area contributed by atoms with Gasteiger partial charge in [0.05, 0.1) is 16.3 Å². The smallest absolute Gasteiger partial charge is 0.243 e. The molecule has 1 fully saturated rings. The van der Waals surface area contributed by atoms with Gasteiger partial charge in [0, 0.05) is 29.6 Å². The zero-order chi connectivity index (χ0) is 20.4. The first-order valence-electron chi connectivity index (χ1n) is 9.36. The maximum Gasteiger partial charge on any atom is 0.243 e. The Kier molecular flexibility index (Phi) is 5.62. The second-order valence-electron chi connectivity index (χ2n) is 7.03. The van der Waals surface area contributed by atoms with Gasteiger partial charge < -0.3 is 10.6 Å². The van der Waals surface area contributed by atoms with E-state index in [-0.39, 0.29) is 35.7 Å². The fourth-order valence-electron chi connectivity index (χ4n) is 3.50. The number of nitrogens with one attached hydrogen (secondary N) is 2. The van der Waals surface area contributed by atoms with E-state index in [1.807, 2.05) is 30.3 Å². The highest BCUT2D eigenvalue weighted by atomic mass is 32.2. The molecular formula is C20H21N3O4S2. The highest BCUT2D eigenvalue weighted by Crippen LogP contribution is 2.34. The average molecular weight is 432 g/mol. The molecule has 0 aliphatic carbocycles. The largest absolute Gasteiger partial charge is 0.326 e. The third-order valence-electron chi connectivity index (χ3n) is 5.09. The molecule has 7 nitrogen and oxygen atoms in total. The van der Waals surface area contributed by atoms with E-state index in [2.05, 4.69) is 10.6 Å². The number of hydrogen-bond donors (Lipinski definition) is 2. The quantitative estimate of drug-likeness (QED) is 0.776. The summed E-state index contributed by atoms with van der Waals surface area (Å²) in [5.41, 5.74) is 1.27. The number of piperidine rings is 1. The van der Waals surface area contributed by atoms with E-state index in [1.54, 1.807) is 12.1 Å². The van der Waals surface area contributed by atoms with Crippen molar-refractivity contribution >= 4 is 45.0 Å². The fraction of sp³-hybridized carbons (Fsp3) is 0.300. The molecule has 0 unspecified atom stereocenters. The van der Waals surface area contributed by atoms with Gasteiger partial charge in [0.2, 0.25) is 21.8 Å². The van der Waals surface area contributed by atoms with Crippen LogP contribution in [0.25, 0.3) is 0 Å². The standard InChI is InChI=1S/C20H21N3O4S2/c24-19-13-28-18-7-6-16(12-17(18)22-19)29(26,27)23-10-8-14(9-11-23)20(25)21-15-4-2-1-3-5-15/h1-7,12,14H,8-11,13H2,(H,21,25)(H,22,24). The minimum atomic E-state index is -3.68. The molecule has 29 heavy (non-hydrogen) atoms. The van der Waals surface area contributed by atoms with Crippen LogP contribution < -0.4 is 10.6 Å². The number of anilines is 2. The number of carbonyl (C=O) groups is 2. The number of benzene rings is 2. The Morgan fingerprint density at radius 3 is 2.55 bits per heavy atom. The van der Waals surface area contributed by atoms with Gasteiger partial charge in [0.25, 0.3) is 0 Å². The topological polar surface area (TPSA) is 95.6 Å². The predicted molar refractivity (Wildman–Crippen MR) is 112 cm³/mol. The van der Waals surface area contributed by atoms with Crippen molar-refractivity contribution in [1.29, 1.82) is 0 Å². The molecule has 152 valence electrons. The van der Waals surface area contributed by atoms with Gasteiger partial charge in [0.1, 0.15) is 0 Å². The molecular weight excluding hydrogens is 410 g/mol. The van der Waals surface area contributed by atoms with Crippen LogP contribution in [0.1, 0.15) is 12.8 Å². The van der Waals surface area contributed by atoms with Crippen molar-refractivity contribution in [3.8, 4) is 0 Å². The summed E-state index contributed by atoms with van der Waals surface area (Å²) in [4.78, 5) is 25.1. The molecule has 0 atom stereocenters. The van der Waals surface area contributed by atoms with Gasteiger partial charge in [-0.1, -0.05) is 18.2 Å². The number of carbonyl (C=O) groups excluding carboxylic acids is 2. The third kappa shape index (κ3) is 4.31. The summed E-state index contributed by atoms with van der Waals surface area (Å²) in [6.45, 7) is 0.570. The normalized spacial score (nSPS) is 18.0. The van der Waals surface area contributed by atoms with Crippen LogP contribution in [-0.4, -0.2) is 43.4 Å². The molecule has 0 bridgehead atoms. The van der Waals surface area contributed by atoms with Crippen LogP contribution in [0.4, 0.5) is 11.4 Å². The SMILES string of the molecule is O=C1CSc2ccc(S(=O)(=O)N3CCC(C(=O)Nc4ccccc4)CC3)cc2N1. The Balaban J connectivity index is 1.42. The molecule has 0 spiro atoms. The van der Waals surface area contributed by atoms with Crippen molar-refractivity contribution in [2.24, 2.45) is 5.92 Å². The van der Waals surface area contributed by atoms with Crippen molar-refractivity contribution < 1.29 is 18.0 Å². The summed E-state index contributed by atoms with van der Waals surface area (Å²) in [6.07, 6.45) is 0.935. The van der Waals surface area contributed by atoms with E-state index in [0.29, 0.717) is 24.3 Å². The van der Waals surface area contributed by atoms with Gasteiger partial charge in [-0.2, -0.15) is 4.31 Å². The highest BCUT2D eigenvalue weighted by Gasteiger charge is 2.32. The first kappa shape index (κ1) is 19.9. The summed E-state index contributed by atoms with van der Waals surface area (Å²) < 4.78 is 27.5. The van der Waals surface area contributed by atoms with Crippen LogP contribution >= 0.6 is 11.8 Å². The molecule has 0 aromatic heterocycles. The molecule has 1 saturated heterocycles. The minimum absolute atomic E-state index is 0.0817. The summed E-state index contributed by atoms with van der Waals surface area (Å²) in [7, 11) is -3.68. The third-order valence-corrected chi connectivity index (χ3v) is 8.06. The Morgan fingerprint density at radius 2 is 1.83 bits per heavy atom. The summed E-state index contributed by atoms with van der Waals surface area (Å²) in [5.74, 6) is -0.109. The monoisotopic (exact) mass is 431 g/mol. The van der Waals surface area contributed by atoms with Crippen molar-refractivity contribution in [1.82, 2.24) is 4.31 Å². The van der Waals surface area contributed by atoms with Crippen LogP contribution in [-0.2, 0) is 19.6 Å². The minimum Gasteiger partial charge on any atom is -0.326 e. The number of hydrogen-bond acceptors (Lipinski definition) is 5. The molecule has 2 amide bonds. The molecule has 2 aromatic carbocycles. The van der Waals surface area contributed by atoms with Crippen molar-refractivity contribution in [3.63, 3.8) is 0 Å². The van der Waals surface area contributed by atoms with Gasteiger partial charge in [-0.15, -0.1) is 11.8 Å². The van der Waals surface area contributed by atoms with E-state index in [0.717, 1.165) is 10.6 Å². The molecule has 0 radical (unpaired) electrons. The van der Waals surface area contributed by atoms with E-state index >= 15 is 0 Å². The maximum atomic E-state index is 13.0. The maximum absolute atomic E-state index is 13.0. The second-order valence-corrected chi connectivity index (χ2v) is 9.98. The van der Waals surface area contributed by atoms with Crippen LogP contribution in [0.15, 0.2) is 58.3 Å². The second kappa shape index (κ2) is 8.17. The Labute approximate surface area is 173 Å². The number of fused-ring (bicyclic) bond motifs is 1. The van der Waals surface area contributed by atoms with Crippen molar-refractivity contribution in [2.75, 3.05) is 29.5 Å². The molecule has 2 aliphatic heterocycles. The number of sulfonamides is 1. The Hall–Kier alpha value is -2.36. The van der Waals surface area contributed by atoms with E-state index in [9.17, 15) is 18.0 Å². The first-order chi connectivity index (χ1) is 13.9. The molecule has 0 saturated carbocycles. The molecule has 4 rings (SSSR count). The molecule has 9 heteroatoms. The number of thioether (sulfide) groups is 1. The molecule has 2 N–H and O–H groups in total. The van der Waals surface area contributed by atoms with Crippen molar-refractivity contribution in [3.05, 3.63) is 48.5 Å². The van der Waals surface area contributed by atoms with Crippen LogP contribution in [0.3, 0.4) is 0 Å². The summed E-state index contributed by atoms with van der Waals surface area (Å²) in [6, 6.07) is 14.1. The van der Waals surface area contributed by atoms with Gasteiger partial charge in [-0.05, 0) is 43.2 Å². The Bertz CT molecular complexity index is 1030. The number of para-hydroxylation sites is 1. The van der Waals surface area contributed by atoms with Gasteiger partial charge in [-0.25, -0.2) is 8.42 Å². The van der Waals surface area contributed by atoms with Gasteiger partial charge >= 0.3 is 0 Å². The lowest BCUT2D eigenvalue weighted by Crippen LogP contribution is -2.41. The van der Waals surface area contributed by atoms with Crippen LogP contribution in [0.5, 0.6) is 0 Å². The number of rotatable bonds is 4. The zero-order valence-corrected chi connectivity index (χ0v) is 17.3. The van der Waals surface area contributed by atoms with E-state index in [1.165, 1.54) is 22.1 Å². The lowest BCUT2D eigenvalue weighted by atomic mass is 9.97. The summed E-state index contributed by atoms with van der Waals surface area (Å²) >= 11 is 1.39. The van der Waals surface area contributed by atoms with E-state index in [4.69, 9.17) is 0 Å². The average Bonchev–Trinajstić information content (AvgIpc) is 2.74. The number of nitrogens with zero attached hydrogens (tertiary/aromatic N) is 1. The molecule has 2 aromatic rings. The van der Waals surface area contributed by atoms with Gasteiger partial charge in [0.15, 0.2) is 0 Å². The fourth-order valence-corrected chi connectivity index (χ4v) is 5.78. The van der Waals surface area contributed by atoms with Crippen LogP contribution in [0, 0.1) is 5.92 Å². The predicted octanol–water partition coefficient (Wildman–Crippen LogP) is 2.77. The number of amides is 2. The van der Waals surface area contributed by atoms with Crippen molar-refractivity contribution in [2.45, 2.75) is 22.6 Å². The summed E-state index contributed by atoms with van der Waals surface area (Å²) in [5, 5.41) is 5.61. The first-order valence-corrected chi connectivity index (χ1v) is 11.8. The van der Waals surface area contributed by atoms with E-state index < -0.39 is 10.0 Å². The lowest BCUT2D eigenvalue weighted by molar-refractivity contribution is -0.121. The lowest BCUT2D eigenvalue weighted by Gasteiger charge is -2.30. The molecule has 2 heterocycles. The van der Waals surface area contributed by atoms with Crippen LogP contribution in [0.2, 0.25) is 0 Å². The molecule has 2 aliphatic rings.